The Balaban J connectivity index is 1.29. The molecule has 2 N–H and O–H groups in total. The molecule has 1 saturated carbocycles. The van der Waals surface area contributed by atoms with Crippen molar-refractivity contribution in [3.8, 4) is 5.75 Å². The van der Waals surface area contributed by atoms with E-state index in [2.05, 4.69) is 5.43 Å². The highest BCUT2D eigenvalue weighted by Crippen LogP contribution is 2.64. The fourth-order valence-corrected chi connectivity index (χ4v) is 8.80. The van der Waals surface area contributed by atoms with Crippen molar-refractivity contribution < 1.29 is 33.6 Å². The highest BCUT2D eigenvalue weighted by Gasteiger charge is 2.70. The van der Waals surface area contributed by atoms with Crippen molar-refractivity contribution in [3.63, 3.8) is 0 Å². The Hall–Kier alpha value is -6.17. The Labute approximate surface area is 291 Å². The summed E-state index contributed by atoms with van der Waals surface area (Å²) in [6.45, 7) is 1.91. The number of fused-ring (bicyclic) bond motifs is 4. The summed E-state index contributed by atoms with van der Waals surface area (Å²) in [5.41, 5.74) is 4.41. The lowest BCUT2D eigenvalue weighted by atomic mass is 9.49. The molecule has 0 bridgehead atoms. The molecule has 8 rings (SSSR count). The normalized spacial score (nSPS) is 26.8. The van der Waals surface area contributed by atoms with Gasteiger partial charge in [-0.15, -0.1) is 0 Å². The summed E-state index contributed by atoms with van der Waals surface area (Å²) in [7, 11) is 0. The van der Waals surface area contributed by atoms with E-state index in [0.717, 1.165) is 21.5 Å². The molecule has 51 heavy (non-hydrogen) atoms. The molecule has 0 spiro atoms. The van der Waals surface area contributed by atoms with Gasteiger partial charge in [0.2, 0.25) is 11.8 Å². The molecule has 4 amide bonds. The maximum atomic E-state index is 15.3. The lowest BCUT2D eigenvalue weighted by Gasteiger charge is -2.50. The number of aromatic hydroxyl groups is 1. The number of nitrogens with zero attached hydrogens (tertiary/aromatic N) is 3. The number of benzene rings is 4. The summed E-state index contributed by atoms with van der Waals surface area (Å²) in [5.74, 6) is -7.92. The first kappa shape index (κ1) is 32.1. The van der Waals surface area contributed by atoms with Crippen LogP contribution in [0.3, 0.4) is 0 Å². The van der Waals surface area contributed by atoms with Gasteiger partial charge in [-0.05, 0) is 73.2 Å². The number of non-ortho nitro benzene ring substituents is 1. The zero-order valence-electron chi connectivity index (χ0n) is 27.2. The highest BCUT2D eigenvalue weighted by molar-refractivity contribution is 6.22. The number of halogens is 1. The summed E-state index contributed by atoms with van der Waals surface area (Å²) in [6, 6.07) is 25.1. The number of hydrogen-bond acceptors (Lipinski definition) is 8. The van der Waals surface area contributed by atoms with Gasteiger partial charge in [0.05, 0.1) is 39.5 Å². The molecule has 4 aromatic rings. The second kappa shape index (κ2) is 11.7. The van der Waals surface area contributed by atoms with Crippen LogP contribution in [-0.4, -0.2) is 38.7 Å². The van der Waals surface area contributed by atoms with Gasteiger partial charge in [0.1, 0.15) is 0 Å². The maximum Gasteiger partial charge on any atom is 0.269 e. The summed E-state index contributed by atoms with van der Waals surface area (Å²) in [6.07, 6.45) is 2.04. The zero-order chi connectivity index (χ0) is 35.8. The van der Waals surface area contributed by atoms with Crippen LogP contribution < -0.4 is 10.3 Å². The number of carbonyl (C=O) groups is 4. The molecule has 4 aromatic carbocycles. The SMILES string of the molecule is Cc1ccc(NN2C(=O)C3CC4C(=CCC5C(=O)N(c6ccc([N+](=O)[O-])cc6)C(=O)C54)C(c4ccc(O)c(F)c4)C3(c3ccccc3)C2=O)cc1. The minimum atomic E-state index is -1.58. The Kier molecular flexibility index (Phi) is 7.37. The predicted molar refractivity (Wildman–Crippen MR) is 182 cm³/mol. The van der Waals surface area contributed by atoms with Crippen molar-refractivity contribution >= 4 is 40.7 Å². The van der Waals surface area contributed by atoms with Crippen LogP contribution in [0.5, 0.6) is 5.75 Å². The van der Waals surface area contributed by atoms with Crippen LogP contribution in [0.15, 0.2) is 109 Å². The van der Waals surface area contributed by atoms with Crippen LogP contribution in [0, 0.1) is 46.5 Å². The van der Waals surface area contributed by atoms with Crippen LogP contribution in [0.4, 0.5) is 21.5 Å². The number of phenols is 1. The number of amides is 4. The number of phenolic OH excluding ortho intramolecular Hbond substituents is 1. The van der Waals surface area contributed by atoms with E-state index in [1.807, 2.05) is 25.1 Å². The lowest BCUT2D eigenvalue weighted by Crippen LogP contribution is -2.53. The van der Waals surface area contributed by atoms with E-state index in [-0.39, 0.29) is 24.2 Å². The number of aryl methyl sites for hydroxylation is 1. The minimum absolute atomic E-state index is 0.0444. The smallest absolute Gasteiger partial charge is 0.269 e. The van der Waals surface area contributed by atoms with Gasteiger partial charge in [-0.25, -0.2) is 4.39 Å². The fourth-order valence-electron chi connectivity index (χ4n) is 8.80. The molecule has 2 aliphatic heterocycles. The molecule has 2 aliphatic carbocycles. The molecule has 4 aliphatic rings. The third-order valence-electron chi connectivity index (χ3n) is 11.0. The quantitative estimate of drug-likeness (QED) is 0.110. The lowest BCUT2D eigenvalue weighted by molar-refractivity contribution is -0.384. The Morgan fingerprint density at radius 3 is 2.25 bits per heavy atom. The molecule has 0 aromatic heterocycles. The van der Waals surface area contributed by atoms with E-state index in [9.17, 15) is 29.6 Å². The third kappa shape index (κ3) is 4.69. The van der Waals surface area contributed by atoms with Gasteiger partial charge < -0.3 is 5.11 Å². The van der Waals surface area contributed by atoms with E-state index in [1.54, 1.807) is 42.5 Å². The number of rotatable bonds is 6. The molecule has 2 heterocycles. The molecule has 6 atom stereocenters. The van der Waals surface area contributed by atoms with Crippen LogP contribution in [0.25, 0.3) is 0 Å². The summed E-state index contributed by atoms with van der Waals surface area (Å²) in [5, 5.41) is 22.5. The van der Waals surface area contributed by atoms with E-state index < -0.39 is 75.1 Å². The van der Waals surface area contributed by atoms with Crippen molar-refractivity contribution in [2.24, 2.45) is 23.7 Å². The second-order valence-electron chi connectivity index (χ2n) is 13.6. The van der Waals surface area contributed by atoms with Crippen molar-refractivity contribution in [2.75, 3.05) is 10.3 Å². The zero-order valence-corrected chi connectivity index (χ0v) is 27.2. The fraction of sp³-hybridized carbons (Fsp3) is 0.231. The number of nitrogens with one attached hydrogen (secondary N) is 1. The maximum absolute atomic E-state index is 15.3. The van der Waals surface area contributed by atoms with E-state index >= 15 is 9.18 Å². The van der Waals surface area contributed by atoms with Gasteiger partial charge in [-0.2, -0.15) is 5.01 Å². The van der Waals surface area contributed by atoms with Gasteiger partial charge in [0.15, 0.2) is 11.6 Å². The van der Waals surface area contributed by atoms with Crippen LogP contribution in [0.2, 0.25) is 0 Å². The summed E-state index contributed by atoms with van der Waals surface area (Å²) in [4.78, 5) is 69.8. The molecule has 12 heteroatoms. The number of allylic oxidation sites excluding steroid dienone is 2. The van der Waals surface area contributed by atoms with Gasteiger partial charge in [0.25, 0.3) is 17.5 Å². The molecule has 11 nitrogen and oxygen atoms in total. The number of nitro groups is 1. The van der Waals surface area contributed by atoms with Crippen molar-refractivity contribution in [3.05, 3.63) is 141 Å². The number of nitro benzene ring substituents is 1. The van der Waals surface area contributed by atoms with Crippen LogP contribution >= 0.6 is 0 Å². The molecular formula is C39H31FN4O7. The third-order valence-corrected chi connectivity index (χ3v) is 11.0. The Morgan fingerprint density at radius 1 is 0.882 bits per heavy atom. The topological polar surface area (TPSA) is 150 Å². The predicted octanol–water partition coefficient (Wildman–Crippen LogP) is 5.94. The van der Waals surface area contributed by atoms with Crippen LogP contribution in [-0.2, 0) is 24.6 Å². The Bertz CT molecular complexity index is 2170. The number of hydrazine groups is 1. The summed E-state index contributed by atoms with van der Waals surface area (Å²) < 4.78 is 15.3. The van der Waals surface area contributed by atoms with Crippen molar-refractivity contribution in [1.82, 2.24) is 5.01 Å². The average molecular weight is 687 g/mol. The monoisotopic (exact) mass is 686 g/mol. The number of anilines is 2. The van der Waals surface area contributed by atoms with E-state index in [0.29, 0.717) is 22.4 Å². The Morgan fingerprint density at radius 2 is 1.59 bits per heavy atom. The highest BCUT2D eigenvalue weighted by atomic mass is 19.1. The number of hydrogen-bond donors (Lipinski definition) is 2. The van der Waals surface area contributed by atoms with Crippen LogP contribution in [0.1, 0.15) is 35.4 Å². The molecular weight excluding hydrogens is 655 g/mol. The van der Waals surface area contributed by atoms with Gasteiger partial charge in [0, 0.05) is 18.1 Å². The molecule has 3 fully saturated rings. The van der Waals surface area contributed by atoms with Crippen molar-refractivity contribution in [2.45, 2.75) is 31.1 Å². The van der Waals surface area contributed by atoms with Gasteiger partial charge >= 0.3 is 0 Å². The molecule has 6 unspecified atom stereocenters. The standard InChI is InChI=1S/C39H31FN4O7/c1-21-7-10-24(11-8-21)41-43-36(47)30-20-29-27(16-17-28-33(29)37(48)42(35(28)46)25-12-14-26(15-13-25)44(50)51)34(22-9-18-32(45)31(40)19-22)39(30,38(43)49)23-5-3-2-4-6-23/h2-16,18-19,28-30,33-34,41,45H,17,20H2,1H3. The van der Waals surface area contributed by atoms with Gasteiger partial charge in [-0.3, -0.25) is 39.6 Å². The number of carbonyl (C=O) groups excluding carboxylic acids is 4. The van der Waals surface area contributed by atoms with Crippen molar-refractivity contribution in [1.29, 1.82) is 0 Å². The molecule has 2 saturated heterocycles. The molecule has 0 radical (unpaired) electrons. The first-order chi connectivity index (χ1) is 24.5. The first-order valence-electron chi connectivity index (χ1n) is 16.6. The molecule has 256 valence electrons. The second-order valence-corrected chi connectivity index (χ2v) is 13.6. The van der Waals surface area contributed by atoms with E-state index in [1.165, 1.54) is 36.4 Å². The summed E-state index contributed by atoms with van der Waals surface area (Å²) >= 11 is 0. The van der Waals surface area contributed by atoms with E-state index in [4.69, 9.17) is 0 Å². The minimum Gasteiger partial charge on any atom is -0.505 e. The number of imide groups is 2. The average Bonchev–Trinajstić information content (AvgIpc) is 3.51. The largest absolute Gasteiger partial charge is 0.505 e. The first-order valence-corrected chi connectivity index (χ1v) is 16.6. The van der Waals surface area contributed by atoms with Gasteiger partial charge in [-0.1, -0.05) is 65.7 Å².